The van der Waals surface area contributed by atoms with Gasteiger partial charge in [0, 0.05) is 31.7 Å². The highest BCUT2D eigenvalue weighted by Crippen LogP contribution is 2.36. The van der Waals surface area contributed by atoms with Crippen LogP contribution in [0, 0.1) is 0 Å². The molecule has 2 heterocycles. The lowest BCUT2D eigenvalue weighted by Crippen LogP contribution is -2.58. The zero-order valence-electron chi connectivity index (χ0n) is 17.5. The average Bonchev–Trinajstić information content (AvgIpc) is 2.80. The minimum atomic E-state index is -1.43. The summed E-state index contributed by atoms with van der Waals surface area (Å²) in [6.45, 7) is 1.82. The van der Waals surface area contributed by atoms with E-state index in [0.717, 1.165) is 12.0 Å². The Morgan fingerprint density at radius 3 is 2.71 bits per heavy atom. The molecular formula is C23H29N3O5. The fraction of sp³-hybridized carbons (Fsp3) is 0.522. The van der Waals surface area contributed by atoms with E-state index < -0.39 is 11.5 Å². The molecule has 166 valence electrons. The van der Waals surface area contributed by atoms with Crippen LogP contribution in [0.3, 0.4) is 0 Å². The number of amides is 1. The zero-order valence-corrected chi connectivity index (χ0v) is 17.5. The molecule has 1 unspecified atom stereocenters. The number of nitrogens with one attached hydrogen (secondary N) is 1. The van der Waals surface area contributed by atoms with Crippen LogP contribution in [0.2, 0.25) is 0 Å². The van der Waals surface area contributed by atoms with Gasteiger partial charge in [-0.05, 0) is 18.4 Å². The smallest absolute Gasteiger partial charge is 0.252 e. The maximum Gasteiger partial charge on any atom is 0.252 e. The second-order valence-electron chi connectivity index (χ2n) is 8.12. The van der Waals surface area contributed by atoms with Crippen LogP contribution in [0.5, 0.6) is 0 Å². The molecule has 1 saturated heterocycles. The predicted molar refractivity (Wildman–Crippen MR) is 112 cm³/mol. The first kappa shape index (κ1) is 21.8. The van der Waals surface area contributed by atoms with Gasteiger partial charge in [0.25, 0.3) is 5.91 Å². The first-order valence-corrected chi connectivity index (χ1v) is 10.8. The van der Waals surface area contributed by atoms with Gasteiger partial charge in [-0.2, -0.15) is 0 Å². The van der Waals surface area contributed by atoms with Crippen LogP contribution in [0.4, 0.5) is 0 Å². The Bertz CT molecular complexity index is 824. The predicted octanol–water partition coefficient (Wildman–Crippen LogP) is 2.29. The summed E-state index contributed by atoms with van der Waals surface area (Å²) in [7, 11) is 0. The number of hydrogen-bond acceptors (Lipinski definition) is 7. The maximum absolute atomic E-state index is 12.9. The molecule has 1 atom stereocenters. The minimum Gasteiger partial charge on any atom is -0.380 e. The van der Waals surface area contributed by atoms with Gasteiger partial charge in [-0.1, -0.05) is 30.3 Å². The molecule has 4 rings (SSSR count). The SMILES string of the molecule is O=C(NC(CCC1OCCCO1)c1cnccn1)C1(O)CC(OCc2ccccc2)C1. The Balaban J connectivity index is 1.30. The van der Waals surface area contributed by atoms with Gasteiger partial charge >= 0.3 is 0 Å². The van der Waals surface area contributed by atoms with E-state index in [1.165, 1.54) is 0 Å². The van der Waals surface area contributed by atoms with Gasteiger partial charge in [-0.25, -0.2) is 0 Å². The van der Waals surface area contributed by atoms with Gasteiger partial charge in [-0.15, -0.1) is 0 Å². The molecule has 2 N–H and O–H groups in total. The number of rotatable bonds is 9. The van der Waals surface area contributed by atoms with Gasteiger partial charge in [-0.3, -0.25) is 14.8 Å². The molecule has 2 fully saturated rings. The van der Waals surface area contributed by atoms with E-state index in [-0.39, 0.29) is 31.3 Å². The summed E-state index contributed by atoms with van der Waals surface area (Å²) in [5.74, 6) is -0.409. The molecule has 2 aliphatic rings. The van der Waals surface area contributed by atoms with E-state index in [2.05, 4.69) is 15.3 Å². The molecule has 1 aliphatic heterocycles. The van der Waals surface area contributed by atoms with Gasteiger partial charge in [0.1, 0.15) is 5.60 Å². The Morgan fingerprint density at radius 1 is 1.23 bits per heavy atom. The zero-order chi connectivity index (χ0) is 21.5. The quantitative estimate of drug-likeness (QED) is 0.633. The Kier molecular flexibility index (Phi) is 7.24. The molecule has 1 aromatic carbocycles. The summed E-state index contributed by atoms with van der Waals surface area (Å²) < 4.78 is 17.0. The van der Waals surface area contributed by atoms with E-state index >= 15 is 0 Å². The number of hydrogen-bond donors (Lipinski definition) is 2. The van der Waals surface area contributed by atoms with Crippen molar-refractivity contribution >= 4 is 5.91 Å². The third-order valence-electron chi connectivity index (χ3n) is 5.71. The number of ether oxygens (including phenoxy) is 3. The number of benzene rings is 1. The van der Waals surface area contributed by atoms with E-state index in [1.54, 1.807) is 18.6 Å². The van der Waals surface area contributed by atoms with Crippen molar-refractivity contribution in [2.45, 2.75) is 62.7 Å². The van der Waals surface area contributed by atoms with Gasteiger partial charge < -0.3 is 24.6 Å². The standard InChI is InChI=1S/C23H29N3O5/c27-22(23(28)13-18(14-23)31-16-17-5-2-1-3-6-17)26-19(20-15-24-9-10-25-20)7-8-21-29-11-4-12-30-21/h1-3,5-6,9-10,15,18-19,21,28H,4,7-8,11-14,16H2,(H,26,27). The Hall–Kier alpha value is -2.39. The molecule has 1 aromatic heterocycles. The van der Waals surface area contributed by atoms with Crippen molar-refractivity contribution in [1.82, 2.24) is 15.3 Å². The second-order valence-corrected chi connectivity index (χ2v) is 8.12. The fourth-order valence-corrected chi connectivity index (χ4v) is 3.87. The Labute approximate surface area is 182 Å². The van der Waals surface area contributed by atoms with Gasteiger partial charge in [0.15, 0.2) is 6.29 Å². The summed E-state index contributed by atoms with van der Waals surface area (Å²) in [6.07, 6.45) is 6.99. The van der Waals surface area contributed by atoms with Gasteiger partial charge in [0.05, 0.1) is 43.9 Å². The van der Waals surface area contributed by atoms with Crippen molar-refractivity contribution in [3.8, 4) is 0 Å². The number of carbonyl (C=O) groups is 1. The summed E-state index contributed by atoms with van der Waals surface area (Å²) in [5, 5.41) is 13.7. The molecule has 1 amide bonds. The van der Waals surface area contributed by atoms with Crippen molar-refractivity contribution in [2.24, 2.45) is 0 Å². The molecule has 0 bridgehead atoms. The van der Waals surface area contributed by atoms with E-state index in [4.69, 9.17) is 14.2 Å². The lowest BCUT2D eigenvalue weighted by atomic mass is 9.76. The highest BCUT2D eigenvalue weighted by atomic mass is 16.7. The van der Waals surface area contributed by atoms with E-state index in [9.17, 15) is 9.90 Å². The van der Waals surface area contributed by atoms with Crippen molar-refractivity contribution in [1.29, 1.82) is 0 Å². The van der Waals surface area contributed by atoms with E-state index in [0.29, 0.717) is 38.4 Å². The first-order valence-electron chi connectivity index (χ1n) is 10.8. The largest absolute Gasteiger partial charge is 0.380 e. The Morgan fingerprint density at radius 2 is 2.00 bits per heavy atom. The summed E-state index contributed by atoms with van der Waals surface area (Å²) >= 11 is 0. The molecule has 0 radical (unpaired) electrons. The van der Waals surface area contributed by atoms with Crippen LogP contribution in [0.15, 0.2) is 48.9 Å². The number of carbonyl (C=O) groups excluding carboxylic acids is 1. The number of aromatic nitrogens is 2. The molecular weight excluding hydrogens is 398 g/mol. The highest BCUT2D eigenvalue weighted by molar-refractivity contribution is 5.86. The summed E-state index contributed by atoms with van der Waals surface area (Å²) in [6, 6.07) is 9.46. The normalized spacial score (nSPS) is 24.9. The first-order chi connectivity index (χ1) is 15.1. The molecule has 2 aromatic rings. The van der Waals surface area contributed by atoms with E-state index in [1.807, 2.05) is 30.3 Å². The third-order valence-corrected chi connectivity index (χ3v) is 5.71. The molecule has 1 aliphatic carbocycles. The van der Waals surface area contributed by atoms with Crippen molar-refractivity contribution in [2.75, 3.05) is 13.2 Å². The fourth-order valence-electron chi connectivity index (χ4n) is 3.87. The topological polar surface area (TPSA) is 103 Å². The lowest BCUT2D eigenvalue weighted by Gasteiger charge is -2.42. The van der Waals surface area contributed by atoms with Crippen LogP contribution in [0.25, 0.3) is 0 Å². The van der Waals surface area contributed by atoms with Crippen LogP contribution < -0.4 is 5.32 Å². The maximum atomic E-state index is 12.9. The molecule has 8 heteroatoms. The third kappa shape index (κ3) is 5.86. The summed E-state index contributed by atoms with van der Waals surface area (Å²) in [4.78, 5) is 21.3. The van der Waals surface area contributed by atoms with Crippen LogP contribution in [0.1, 0.15) is 49.4 Å². The monoisotopic (exact) mass is 427 g/mol. The average molecular weight is 428 g/mol. The molecule has 31 heavy (non-hydrogen) atoms. The summed E-state index contributed by atoms with van der Waals surface area (Å²) in [5.41, 5.74) is 0.281. The molecule has 8 nitrogen and oxygen atoms in total. The van der Waals surface area contributed by atoms with Gasteiger partial charge in [0.2, 0.25) is 0 Å². The van der Waals surface area contributed by atoms with Crippen LogP contribution in [-0.4, -0.2) is 52.2 Å². The number of aliphatic hydroxyl groups is 1. The number of nitrogens with zero attached hydrogens (tertiary/aromatic N) is 2. The molecule has 1 saturated carbocycles. The van der Waals surface area contributed by atoms with Crippen molar-refractivity contribution in [3.63, 3.8) is 0 Å². The second kappa shape index (κ2) is 10.3. The van der Waals surface area contributed by atoms with Crippen molar-refractivity contribution in [3.05, 3.63) is 60.2 Å². The highest BCUT2D eigenvalue weighted by Gasteiger charge is 2.50. The van der Waals surface area contributed by atoms with Crippen LogP contribution >= 0.6 is 0 Å². The van der Waals surface area contributed by atoms with Crippen molar-refractivity contribution < 1.29 is 24.1 Å². The molecule has 0 spiro atoms. The van der Waals surface area contributed by atoms with Crippen LogP contribution in [-0.2, 0) is 25.6 Å². The minimum absolute atomic E-state index is 0.144. The lowest BCUT2D eigenvalue weighted by molar-refractivity contribution is -0.183.